The van der Waals surface area contributed by atoms with Crippen molar-refractivity contribution in [2.45, 2.75) is 45.6 Å². The van der Waals surface area contributed by atoms with Crippen LogP contribution < -0.4 is 5.73 Å². The van der Waals surface area contributed by atoms with Gasteiger partial charge in [-0.3, -0.25) is 4.79 Å². The van der Waals surface area contributed by atoms with Crippen molar-refractivity contribution in [3.05, 3.63) is 0 Å². The molecular formula is C9H19NO2. The maximum atomic E-state index is 10.5. The highest BCUT2D eigenvalue weighted by atomic mass is 16.4. The lowest BCUT2D eigenvalue weighted by Gasteiger charge is -2.18. The van der Waals surface area contributed by atoms with Gasteiger partial charge in [0.05, 0.1) is 0 Å². The highest BCUT2D eigenvalue weighted by molar-refractivity contribution is 5.73. The molecule has 3 N–H and O–H groups in total. The average molecular weight is 173 g/mol. The van der Waals surface area contributed by atoms with Gasteiger partial charge in [0.1, 0.15) is 6.04 Å². The molecule has 3 nitrogen and oxygen atoms in total. The van der Waals surface area contributed by atoms with Gasteiger partial charge in [0.15, 0.2) is 0 Å². The van der Waals surface area contributed by atoms with Crippen molar-refractivity contribution in [2.24, 2.45) is 11.7 Å². The first-order valence-electron chi connectivity index (χ1n) is 4.61. The lowest BCUT2D eigenvalue weighted by atomic mass is 9.92. The molecule has 2 atom stereocenters. The summed E-state index contributed by atoms with van der Waals surface area (Å²) in [5.41, 5.74) is 5.51. The predicted octanol–water partition coefficient (Wildman–Crippen LogP) is 1.61. The van der Waals surface area contributed by atoms with E-state index in [0.29, 0.717) is 0 Å². The highest BCUT2D eigenvalue weighted by Gasteiger charge is 2.21. The zero-order valence-corrected chi connectivity index (χ0v) is 7.92. The molecule has 0 spiro atoms. The number of aliphatic carboxylic acids is 1. The van der Waals surface area contributed by atoms with Crippen molar-refractivity contribution in [1.82, 2.24) is 0 Å². The van der Waals surface area contributed by atoms with Gasteiger partial charge >= 0.3 is 5.97 Å². The van der Waals surface area contributed by atoms with Crippen LogP contribution in [0.5, 0.6) is 0 Å². The van der Waals surface area contributed by atoms with Crippen molar-refractivity contribution in [1.29, 1.82) is 0 Å². The van der Waals surface area contributed by atoms with E-state index in [9.17, 15) is 4.79 Å². The highest BCUT2D eigenvalue weighted by Crippen LogP contribution is 2.15. The van der Waals surface area contributed by atoms with Crippen molar-refractivity contribution in [2.75, 3.05) is 0 Å². The van der Waals surface area contributed by atoms with E-state index in [1.54, 1.807) is 0 Å². The topological polar surface area (TPSA) is 63.3 Å². The summed E-state index contributed by atoms with van der Waals surface area (Å²) in [6, 6.07) is -0.679. The molecular weight excluding hydrogens is 154 g/mol. The van der Waals surface area contributed by atoms with Crippen LogP contribution in [0.1, 0.15) is 39.5 Å². The number of rotatable bonds is 6. The summed E-state index contributed by atoms with van der Waals surface area (Å²) in [6.45, 7) is 4.09. The molecule has 0 bridgehead atoms. The van der Waals surface area contributed by atoms with Crippen LogP contribution >= 0.6 is 0 Å². The fourth-order valence-corrected chi connectivity index (χ4v) is 1.31. The molecule has 0 fully saturated rings. The molecule has 0 aromatic rings. The fraction of sp³-hybridized carbons (Fsp3) is 0.889. The van der Waals surface area contributed by atoms with E-state index in [1.165, 1.54) is 0 Å². The van der Waals surface area contributed by atoms with Crippen LogP contribution in [0.25, 0.3) is 0 Å². The SMILES string of the molecule is CCCC[C@H](CC)[C@H](N)C(=O)O. The first kappa shape index (κ1) is 11.4. The van der Waals surface area contributed by atoms with Crippen LogP contribution in [-0.4, -0.2) is 17.1 Å². The van der Waals surface area contributed by atoms with Crippen LogP contribution in [0.3, 0.4) is 0 Å². The Balaban J connectivity index is 3.87. The maximum Gasteiger partial charge on any atom is 0.320 e. The fourth-order valence-electron chi connectivity index (χ4n) is 1.31. The van der Waals surface area contributed by atoms with Crippen LogP contribution in [0.15, 0.2) is 0 Å². The molecule has 0 saturated carbocycles. The third-order valence-electron chi connectivity index (χ3n) is 2.25. The largest absolute Gasteiger partial charge is 0.480 e. The van der Waals surface area contributed by atoms with E-state index in [1.807, 2.05) is 6.92 Å². The third-order valence-corrected chi connectivity index (χ3v) is 2.25. The minimum absolute atomic E-state index is 0.141. The first-order chi connectivity index (χ1) is 5.63. The van der Waals surface area contributed by atoms with Gasteiger partial charge in [-0.15, -0.1) is 0 Å². The van der Waals surface area contributed by atoms with Gasteiger partial charge in [-0.2, -0.15) is 0 Å². The van der Waals surface area contributed by atoms with E-state index in [2.05, 4.69) is 6.92 Å². The summed E-state index contributed by atoms with van der Waals surface area (Å²) in [4.78, 5) is 10.5. The zero-order chi connectivity index (χ0) is 9.56. The molecule has 0 aliphatic rings. The molecule has 0 aromatic heterocycles. The summed E-state index contributed by atoms with van der Waals surface area (Å²) in [6.07, 6.45) is 3.95. The number of hydrogen-bond acceptors (Lipinski definition) is 2. The Labute approximate surface area is 74.0 Å². The van der Waals surface area contributed by atoms with Crippen molar-refractivity contribution in [3.8, 4) is 0 Å². The summed E-state index contributed by atoms with van der Waals surface area (Å²) < 4.78 is 0. The Bertz CT molecular complexity index is 136. The molecule has 0 aliphatic heterocycles. The Morgan fingerprint density at radius 1 is 1.50 bits per heavy atom. The molecule has 12 heavy (non-hydrogen) atoms. The van der Waals surface area contributed by atoms with E-state index < -0.39 is 12.0 Å². The van der Waals surface area contributed by atoms with Crippen LogP contribution in [0.4, 0.5) is 0 Å². The standard InChI is InChI=1S/C9H19NO2/c1-3-5-6-7(4-2)8(10)9(11)12/h7-8H,3-6,10H2,1-2H3,(H,11,12)/t7-,8-/m0/s1. The smallest absolute Gasteiger partial charge is 0.320 e. The lowest BCUT2D eigenvalue weighted by Crippen LogP contribution is -2.37. The van der Waals surface area contributed by atoms with Crippen LogP contribution in [0.2, 0.25) is 0 Å². The second-order valence-corrected chi connectivity index (χ2v) is 3.17. The quantitative estimate of drug-likeness (QED) is 0.641. The second kappa shape index (κ2) is 6.00. The average Bonchev–Trinajstić information content (AvgIpc) is 2.05. The van der Waals surface area contributed by atoms with Gasteiger partial charge < -0.3 is 10.8 Å². The van der Waals surface area contributed by atoms with Gasteiger partial charge in [0.25, 0.3) is 0 Å². The molecule has 0 aromatic carbocycles. The number of carboxylic acids is 1. The number of unbranched alkanes of at least 4 members (excludes halogenated alkanes) is 1. The summed E-state index contributed by atoms with van der Waals surface area (Å²) >= 11 is 0. The predicted molar refractivity (Wildman–Crippen MR) is 48.9 cm³/mol. The molecule has 72 valence electrons. The molecule has 0 aliphatic carbocycles. The first-order valence-corrected chi connectivity index (χ1v) is 4.61. The van der Waals surface area contributed by atoms with Gasteiger partial charge in [0, 0.05) is 0 Å². The van der Waals surface area contributed by atoms with Gasteiger partial charge in [-0.25, -0.2) is 0 Å². The molecule has 0 heterocycles. The van der Waals surface area contributed by atoms with Crippen molar-refractivity contribution >= 4 is 5.97 Å². The molecule has 0 rings (SSSR count). The minimum atomic E-state index is -0.877. The second-order valence-electron chi connectivity index (χ2n) is 3.17. The van der Waals surface area contributed by atoms with Gasteiger partial charge in [-0.05, 0) is 12.3 Å². The summed E-state index contributed by atoms with van der Waals surface area (Å²) in [5.74, 6) is -0.736. The Morgan fingerprint density at radius 2 is 2.08 bits per heavy atom. The third kappa shape index (κ3) is 3.72. The van der Waals surface area contributed by atoms with Gasteiger partial charge in [0.2, 0.25) is 0 Å². The molecule has 3 heteroatoms. The number of carboxylic acid groups (broad SMARTS) is 1. The maximum absolute atomic E-state index is 10.5. The molecule has 0 unspecified atom stereocenters. The zero-order valence-electron chi connectivity index (χ0n) is 7.92. The van der Waals surface area contributed by atoms with E-state index in [0.717, 1.165) is 25.7 Å². The minimum Gasteiger partial charge on any atom is -0.480 e. The van der Waals surface area contributed by atoms with E-state index in [-0.39, 0.29) is 5.92 Å². The Hall–Kier alpha value is -0.570. The van der Waals surface area contributed by atoms with E-state index >= 15 is 0 Å². The molecule has 0 radical (unpaired) electrons. The van der Waals surface area contributed by atoms with Crippen LogP contribution in [0, 0.1) is 5.92 Å². The van der Waals surface area contributed by atoms with Gasteiger partial charge in [-0.1, -0.05) is 33.1 Å². The van der Waals surface area contributed by atoms with E-state index in [4.69, 9.17) is 10.8 Å². The lowest BCUT2D eigenvalue weighted by molar-refractivity contribution is -0.140. The Morgan fingerprint density at radius 3 is 2.42 bits per heavy atom. The monoisotopic (exact) mass is 173 g/mol. The van der Waals surface area contributed by atoms with Crippen molar-refractivity contribution < 1.29 is 9.90 Å². The normalized spacial score (nSPS) is 15.6. The summed E-state index contributed by atoms with van der Waals surface area (Å²) in [7, 11) is 0. The number of nitrogens with two attached hydrogens (primary N) is 1. The number of hydrogen-bond donors (Lipinski definition) is 2. The van der Waals surface area contributed by atoms with Crippen molar-refractivity contribution in [3.63, 3.8) is 0 Å². The molecule has 0 saturated heterocycles. The number of carbonyl (C=O) groups is 1. The molecule has 0 amide bonds. The summed E-state index contributed by atoms with van der Waals surface area (Å²) in [5, 5.41) is 8.66. The Kier molecular flexibility index (Phi) is 5.72. The van der Waals surface area contributed by atoms with Crippen LogP contribution in [-0.2, 0) is 4.79 Å².